The zero-order valence-electron chi connectivity index (χ0n) is 10.7. The van der Waals surface area contributed by atoms with E-state index in [1.807, 2.05) is 0 Å². The third-order valence-electron chi connectivity index (χ3n) is 1.61. The predicted molar refractivity (Wildman–Crippen MR) is 65.4 cm³/mol. The lowest BCUT2D eigenvalue weighted by Crippen LogP contribution is -2.47. The Labute approximate surface area is 93.5 Å². The Morgan fingerprint density at radius 1 is 1.33 bits per heavy atom. The number of nitrogens with zero attached hydrogens (tertiary/aromatic N) is 1. The van der Waals surface area contributed by atoms with Crippen molar-refractivity contribution in [3.05, 3.63) is 0 Å². The normalized spacial score (nSPS) is 12.7. The van der Waals surface area contributed by atoms with Crippen LogP contribution in [-0.2, 0) is 4.74 Å². The minimum absolute atomic E-state index is 0.0439. The smallest absolute Gasteiger partial charge is 0.191 e. The number of methoxy groups -OCH3 is 1. The zero-order valence-corrected chi connectivity index (χ0v) is 10.7. The first-order chi connectivity index (χ1) is 6.99. The summed E-state index contributed by atoms with van der Waals surface area (Å²) in [5.74, 6) is 0.876. The second-order valence-electron chi connectivity index (χ2n) is 4.48. The summed E-state index contributed by atoms with van der Waals surface area (Å²) in [5.41, 5.74) is 0.0439. The van der Waals surface area contributed by atoms with Crippen molar-refractivity contribution in [3.8, 4) is 0 Å². The fraction of sp³-hybridized carbons (Fsp3) is 0.909. The lowest BCUT2D eigenvalue weighted by molar-refractivity contribution is 0.197. The molecule has 0 amide bonds. The Morgan fingerprint density at radius 3 is 2.47 bits per heavy atom. The summed E-state index contributed by atoms with van der Waals surface area (Å²) < 4.78 is 4.97. The average molecular weight is 215 g/mol. The molecule has 0 fully saturated rings. The summed E-state index contributed by atoms with van der Waals surface area (Å²) >= 11 is 0. The number of rotatable bonds is 5. The van der Waals surface area contributed by atoms with Gasteiger partial charge in [0.1, 0.15) is 0 Å². The zero-order chi connectivity index (χ0) is 11.7. The molecule has 4 heteroatoms. The Kier molecular flexibility index (Phi) is 7.13. The van der Waals surface area contributed by atoms with Crippen LogP contribution in [0.5, 0.6) is 0 Å². The van der Waals surface area contributed by atoms with Crippen LogP contribution in [0.15, 0.2) is 4.99 Å². The second-order valence-corrected chi connectivity index (χ2v) is 4.48. The molecule has 0 saturated carbocycles. The van der Waals surface area contributed by atoms with Gasteiger partial charge in [0.2, 0.25) is 0 Å². The van der Waals surface area contributed by atoms with Gasteiger partial charge in [0.05, 0.1) is 0 Å². The van der Waals surface area contributed by atoms with Crippen molar-refractivity contribution in [1.29, 1.82) is 0 Å². The first kappa shape index (κ1) is 14.2. The molecule has 0 spiro atoms. The van der Waals surface area contributed by atoms with Gasteiger partial charge in [0, 0.05) is 32.3 Å². The lowest BCUT2D eigenvalue weighted by Gasteiger charge is -2.23. The molecule has 2 N–H and O–H groups in total. The van der Waals surface area contributed by atoms with Gasteiger partial charge in [-0.15, -0.1) is 0 Å². The number of nitrogens with one attached hydrogen (secondary N) is 2. The van der Waals surface area contributed by atoms with Crippen LogP contribution in [0.3, 0.4) is 0 Å². The number of ether oxygens (including phenoxy) is 1. The third kappa shape index (κ3) is 9.53. The van der Waals surface area contributed by atoms with Gasteiger partial charge in [0.15, 0.2) is 5.96 Å². The molecule has 0 aromatic heterocycles. The third-order valence-corrected chi connectivity index (χ3v) is 1.61. The van der Waals surface area contributed by atoms with Crippen molar-refractivity contribution in [1.82, 2.24) is 10.6 Å². The van der Waals surface area contributed by atoms with Crippen molar-refractivity contribution in [2.75, 3.05) is 26.8 Å². The molecule has 0 rings (SSSR count). The molecule has 0 aliphatic rings. The molecule has 0 heterocycles. The molecule has 0 aliphatic carbocycles. The van der Waals surface area contributed by atoms with E-state index >= 15 is 0 Å². The van der Waals surface area contributed by atoms with E-state index in [2.05, 4.69) is 43.3 Å². The molecular formula is C11H25N3O. The fourth-order valence-corrected chi connectivity index (χ4v) is 1.06. The minimum atomic E-state index is 0.0439. The first-order valence-electron chi connectivity index (χ1n) is 5.55. The van der Waals surface area contributed by atoms with E-state index in [0.717, 1.165) is 32.1 Å². The SMILES string of the molecule is CCNC(=NCCCOC)NC(C)(C)C. The maximum Gasteiger partial charge on any atom is 0.191 e. The maximum atomic E-state index is 4.97. The number of hydrogen-bond acceptors (Lipinski definition) is 2. The van der Waals surface area contributed by atoms with Gasteiger partial charge < -0.3 is 15.4 Å². The van der Waals surface area contributed by atoms with Crippen molar-refractivity contribution in [3.63, 3.8) is 0 Å². The van der Waals surface area contributed by atoms with Gasteiger partial charge in [0.25, 0.3) is 0 Å². The standard InChI is InChI=1S/C11H25N3O/c1-6-12-10(14-11(2,3)4)13-8-7-9-15-5/h6-9H2,1-5H3,(H2,12,13,14). The van der Waals surface area contributed by atoms with E-state index in [9.17, 15) is 0 Å². The van der Waals surface area contributed by atoms with Gasteiger partial charge in [-0.1, -0.05) is 0 Å². The molecular weight excluding hydrogens is 190 g/mol. The summed E-state index contributed by atoms with van der Waals surface area (Å²) in [6, 6.07) is 0. The Morgan fingerprint density at radius 2 is 2.00 bits per heavy atom. The molecule has 90 valence electrons. The molecule has 0 bridgehead atoms. The van der Waals surface area contributed by atoms with Crippen LogP contribution < -0.4 is 10.6 Å². The highest BCUT2D eigenvalue weighted by atomic mass is 16.5. The maximum absolute atomic E-state index is 4.97. The molecule has 0 atom stereocenters. The quantitative estimate of drug-likeness (QED) is 0.414. The van der Waals surface area contributed by atoms with Gasteiger partial charge in [-0.3, -0.25) is 4.99 Å². The molecule has 0 saturated heterocycles. The summed E-state index contributed by atoms with van der Waals surface area (Å²) in [6.45, 7) is 10.9. The molecule has 4 nitrogen and oxygen atoms in total. The van der Waals surface area contributed by atoms with Crippen molar-refractivity contribution < 1.29 is 4.74 Å². The highest BCUT2D eigenvalue weighted by molar-refractivity contribution is 5.80. The number of hydrogen-bond donors (Lipinski definition) is 2. The summed E-state index contributed by atoms with van der Waals surface area (Å²) in [4.78, 5) is 4.45. The molecule has 15 heavy (non-hydrogen) atoms. The Hall–Kier alpha value is -0.770. The van der Waals surface area contributed by atoms with E-state index < -0.39 is 0 Å². The van der Waals surface area contributed by atoms with Crippen LogP contribution in [0.1, 0.15) is 34.1 Å². The summed E-state index contributed by atoms with van der Waals surface area (Å²) in [5, 5.41) is 6.55. The largest absolute Gasteiger partial charge is 0.385 e. The van der Waals surface area contributed by atoms with Crippen LogP contribution >= 0.6 is 0 Å². The second kappa shape index (κ2) is 7.51. The summed E-state index contributed by atoms with van der Waals surface area (Å²) in [7, 11) is 1.71. The summed E-state index contributed by atoms with van der Waals surface area (Å²) in [6.07, 6.45) is 0.956. The van der Waals surface area contributed by atoms with E-state index in [1.54, 1.807) is 7.11 Å². The van der Waals surface area contributed by atoms with Gasteiger partial charge in [-0.05, 0) is 34.1 Å². The van der Waals surface area contributed by atoms with Gasteiger partial charge in [-0.25, -0.2) is 0 Å². The highest BCUT2D eigenvalue weighted by Gasteiger charge is 2.10. The topological polar surface area (TPSA) is 45.7 Å². The number of aliphatic imine (C=N–C) groups is 1. The minimum Gasteiger partial charge on any atom is -0.385 e. The van der Waals surface area contributed by atoms with Crippen LogP contribution in [-0.4, -0.2) is 38.3 Å². The first-order valence-corrected chi connectivity index (χ1v) is 5.55. The Bertz CT molecular complexity index is 185. The molecule has 0 unspecified atom stereocenters. The van der Waals surface area contributed by atoms with Crippen LogP contribution in [0.25, 0.3) is 0 Å². The molecule has 0 aromatic carbocycles. The molecule has 0 radical (unpaired) electrons. The van der Waals surface area contributed by atoms with Gasteiger partial charge >= 0.3 is 0 Å². The van der Waals surface area contributed by atoms with E-state index in [-0.39, 0.29) is 5.54 Å². The molecule has 0 aromatic rings. The van der Waals surface area contributed by atoms with Gasteiger partial charge in [-0.2, -0.15) is 0 Å². The Balaban J connectivity index is 4.01. The van der Waals surface area contributed by atoms with E-state index in [1.165, 1.54) is 0 Å². The lowest BCUT2D eigenvalue weighted by atomic mass is 10.1. The van der Waals surface area contributed by atoms with Crippen LogP contribution in [0.2, 0.25) is 0 Å². The van der Waals surface area contributed by atoms with Crippen molar-refractivity contribution >= 4 is 5.96 Å². The fourth-order valence-electron chi connectivity index (χ4n) is 1.06. The highest BCUT2D eigenvalue weighted by Crippen LogP contribution is 1.97. The average Bonchev–Trinajstić information content (AvgIpc) is 2.10. The van der Waals surface area contributed by atoms with E-state index in [4.69, 9.17) is 4.74 Å². The monoisotopic (exact) mass is 215 g/mol. The predicted octanol–water partition coefficient (Wildman–Crippen LogP) is 1.38. The van der Waals surface area contributed by atoms with Crippen LogP contribution in [0.4, 0.5) is 0 Å². The van der Waals surface area contributed by atoms with Crippen LogP contribution in [0, 0.1) is 0 Å². The van der Waals surface area contributed by atoms with Crippen molar-refractivity contribution in [2.45, 2.75) is 39.7 Å². The number of guanidine groups is 1. The van der Waals surface area contributed by atoms with E-state index in [0.29, 0.717) is 0 Å². The molecule has 0 aliphatic heterocycles. The van der Waals surface area contributed by atoms with Crippen molar-refractivity contribution in [2.24, 2.45) is 4.99 Å².